The van der Waals surface area contributed by atoms with Crippen molar-refractivity contribution in [3.05, 3.63) is 16.4 Å². The number of aryl methyl sites for hydroxylation is 1. The molecule has 0 aromatic carbocycles. The number of hydrogen-bond acceptors (Lipinski definition) is 3. The van der Waals surface area contributed by atoms with Gasteiger partial charge in [0.1, 0.15) is 0 Å². The molecular formula is C11H18BrN3O2. The minimum Gasteiger partial charge on any atom is -0.379 e. The molecule has 1 amide bonds. The molecule has 0 saturated carbocycles. The molecule has 0 aliphatic carbocycles. The molecular weight excluding hydrogens is 286 g/mol. The summed E-state index contributed by atoms with van der Waals surface area (Å²) in [6.07, 6.45) is 2.78. The largest absolute Gasteiger partial charge is 0.379 e. The number of hydrogen-bond donors (Lipinski definition) is 1. The van der Waals surface area contributed by atoms with Gasteiger partial charge in [0, 0.05) is 26.4 Å². The van der Waals surface area contributed by atoms with Crippen molar-refractivity contribution >= 4 is 21.8 Å². The summed E-state index contributed by atoms with van der Waals surface area (Å²) in [5.74, 6) is -0.165. The van der Waals surface area contributed by atoms with Crippen molar-refractivity contribution in [3.63, 3.8) is 0 Å². The van der Waals surface area contributed by atoms with E-state index in [1.807, 2.05) is 13.8 Å². The molecule has 0 atom stereocenters. The van der Waals surface area contributed by atoms with Crippen LogP contribution >= 0.6 is 15.9 Å². The maximum Gasteiger partial charge on any atom is 0.272 e. The van der Waals surface area contributed by atoms with E-state index in [-0.39, 0.29) is 12.0 Å². The van der Waals surface area contributed by atoms with E-state index in [4.69, 9.17) is 4.74 Å². The van der Waals surface area contributed by atoms with Gasteiger partial charge in [0.2, 0.25) is 0 Å². The third-order valence-electron chi connectivity index (χ3n) is 2.06. The quantitative estimate of drug-likeness (QED) is 0.814. The Hall–Kier alpha value is -0.880. The third-order valence-corrected chi connectivity index (χ3v) is 2.64. The second-order valence-corrected chi connectivity index (χ2v) is 4.88. The molecule has 1 N–H and O–H groups in total. The van der Waals surface area contributed by atoms with Crippen molar-refractivity contribution in [2.45, 2.75) is 26.4 Å². The van der Waals surface area contributed by atoms with E-state index in [0.29, 0.717) is 23.3 Å². The minimum atomic E-state index is -0.165. The molecule has 17 heavy (non-hydrogen) atoms. The molecule has 0 saturated heterocycles. The fourth-order valence-electron chi connectivity index (χ4n) is 1.29. The average molecular weight is 304 g/mol. The highest BCUT2D eigenvalue weighted by Crippen LogP contribution is 2.13. The Morgan fingerprint density at radius 3 is 2.88 bits per heavy atom. The lowest BCUT2D eigenvalue weighted by Gasteiger charge is -2.07. The second-order valence-electron chi connectivity index (χ2n) is 4.03. The number of halogens is 1. The fourth-order valence-corrected chi connectivity index (χ4v) is 1.85. The summed E-state index contributed by atoms with van der Waals surface area (Å²) >= 11 is 3.29. The standard InChI is InChI=1S/C11H18BrN3O2/c1-8(2)17-6-4-5-13-11(16)10-9(12)7-15(3)14-10/h7-8H,4-6H2,1-3H3,(H,13,16). The number of ether oxygens (including phenoxy) is 1. The lowest BCUT2D eigenvalue weighted by molar-refractivity contribution is 0.0756. The predicted molar refractivity (Wildman–Crippen MR) is 68.9 cm³/mol. The molecule has 1 heterocycles. The molecule has 1 aromatic heterocycles. The smallest absolute Gasteiger partial charge is 0.272 e. The Kier molecular flexibility index (Phi) is 5.64. The van der Waals surface area contributed by atoms with E-state index in [9.17, 15) is 4.79 Å². The van der Waals surface area contributed by atoms with Crippen molar-refractivity contribution in [1.29, 1.82) is 0 Å². The van der Waals surface area contributed by atoms with Crippen LogP contribution in [0.4, 0.5) is 0 Å². The average Bonchev–Trinajstić information content (AvgIpc) is 2.56. The number of rotatable bonds is 6. The van der Waals surface area contributed by atoms with Crippen molar-refractivity contribution < 1.29 is 9.53 Å². The lowest BCUT2D eigenvalue weighted by Crippen LogP contribution is -2.26. The Morgan fingerprint density at radius 2 is 2.35 bits per heavy atom. The predicted octanol–water partition coefficient (Wildman–Crippen LogP) is 1.73. The molecule has 0 fully saturated rings. The van der Waals surface area contributed by atoms with E-state index in [2.05, 4.69) is 26.3 Å². The van der Waals surface area contributed by atoms with Gasteiger partial charge in [-0.25, -0.2) is 0 Å². The van der Waals surface area contributed by atoms with Gasteiger partial charge in [-0.05, 0) is 36.2 Å². The Balaban J connectivity index is 2.28. The number of nitrogens with one attached hydrogen (secondary N) is 1. The third kappa shape index (κ3) is 4.87. The van der Waals surface area contributed by atoms with E-state index in [1.165, 1.54) is 0 Å². The van der Waals surface area contributed by atoms with E-state index < -0.39 is 0 Å². The van der Waals surface area contributed by atoms with Gasteiger partial charge in [0.25, 0.3) is 5.91 Å². The summed E-state index contributed by atoms with van der Waals surface area (Å²) in [4.78, 5) is 11.7. The normalized spacial score (nSPS) is 10.9. The van der Waals surface area contributed by atoms with E-state index in [0.717, 1.165) is 6.42 Å². The SMILES string of the molecule is CC(C)OCCCNC(=O)c1nn(C)cc1Br. The van der Waals surface area contributed by atoms with E-state index >= 15 is 0 Å². The van der Waals surface area contributed by atoms with Crippen LogP contribution in [0.5, 0.6) is 0 Å². The van der Waals surface area contributed by atoms with Crippen molar-refractivity contribution in [3.8, 4) is 0 Å². The van der Waals surface area contributed by atoms with Crippen LogP contribution in [0.2, 0.25) is 0 Å². The Bertz CT molecular complexity index is 377. The first-order valence-electron chi connectivity index (χ1n) is 5.59. The first-order valence-corrected chi connectivity index (χ1v) is 6.39. The summed E-state index contributed by atoms with van der Waals surface area (Å²) in [6, 6.07) is 0. The second kappa shape index (κ2) is 6.76. The number of carbonyl (C=O) groups excluding carboxylic acids is 1. The molecule has 0 aliphatic rings. The monoisotopic (exact) mass is 303 g/mol. The number of amides is 1. The molecule has 0 radical (unpaired) electrons. The van der Waals surface area contributed by atoms with Gasteiger partial charge < -0.3 is 10.1 Å². The van der Waals surface area contributed by atoms with Crippen LogP contribution in [0, 0.1) is 0 Å². The Morgan fingerprint density at radius 1 is 1.65 bits per heavy atom. The highest BCUT2D eigenvalue weighted by atomic mass is 79.9. The zero-order chi connectivity index (χ0) is 12.8. The summed E-state index contributed by atoms with van der Waals surface area (Å²) in [5.41, 5.74) is 0.414. The molecule has 0 bridgehead atoms. The van der Waals surface area contributed by atoms with Gasteiger partial charge in [-0.15, -0.1) is 0 Å². The number of nitrogens with zero attached hydrogens (tertiary/aromatic N) is 2. The van der Waals surface area contributed by atoms with Crippen LogP contribution in [-0.2, 0) is 11.8 Å². The van der Waals surface area contributed by atoms with Crippen molar-refractivity contribution in [1.82, 2.24) is 15.1 Å². The molecule has 96 valence electrons. The number of carbonyl (C=O) groups is 1. The van der Waals surface area contributed by atoms with Crippen LogP contribution in [0.25, 0.3) is 0 Å². The molecule has 1 aromatic rings. The number of aromatic nitrogens is 2. The van der Waals surface area contributed by atoms with Crippen LogP contribution in [0.15, 0.2) is 10.7 Å². The van der Waals surface area contributed by atoms with Gasteiger partial charge in [-0.3, -0.25) is 9.48 Å². The van der Waals surface area contributed by atoms with Gasteiger partial charge >= 0.3 is 0 Å². The van der Waals surface area contributed by atoms with Crippen LogP contribution in [0.3, 0.4) is 0 Å². The van der Waals surface area contributed by atoms with Crippen LogP contribution < -0.4 is 5.32 Å². The van der Waals surface area contributed by atoms with Gasteiger partial charge in [0.15, 0.2) is 5.69 Å². The maximum absolute atomic E-state index is 11.7. The topological polar surface area (TPSA) is 56.1 Å². The summed E-state index contributed by atoms with van der Waals surface area (Å²) < 4.78 is 7.68. The van der Waals surface area contributed by atoms with E-state index in [1.54, 1.807) is 17.9 Å². The zero-order valence-electron chi connectivity index (χ0n) is 10.4. The summed E-state index contributed by atoms with van der Waals surface area (Å²) in [6.45, 7) is 5.23. The first-order chi connectivity index (χ1) is 8.00. The zero-order valence-corrected chi connectivity index (χ0v) is 12.0. The lowest BCUT2D eigenvalue weighted by atomic mass is 10.4. The molecule has 0 aliphatic heterocycles. The molecule has 1 rings (SSSR count). The highest BCUT2D eigenvalue weighted by Gasteiger charge is 2.13. The minimum absolute atomic E-state index is 0.165. The maximum atomic E-state index is 11.7. The summed E-state index contributed by atoms with van der Waals surface area (Å²) in [5, 5.41) is 6.87. The van der Waals surface area contributed by atoms with Crippen molar-refractivity contribution in [2.75, 3.05) is 13.2 Å². The van der Waals surface area contributed by atoms with Gasteiger partial charge in [0.05, 0.1) is 10.6 Å². The molecule has 5 nitrogen and oxygen atoms in total. The van der Waals surface area contributed by atoms with Gasteiger partial charge in [-0.1, -0.05) is 0 Å². The first kappa shape index (κ1) is 14.2. The fraction of sp³-hybridized carbons (Fsp3) is 0.636. The highest BCUT2D eigenvalue weighted by molar-refractivity contribution is 9.10. The molecule has 0 spiro atoms. The Labute approximate surface area is 110 Å². The van der Waals surface area contributed by atoms with Crippen LogP contribution in [-0.4, -0.2) is 34.9 Å². The van der Waals surface area contributed by atoms with Crippen LogP contribution in [0.1, 0.15) is 30.8 Å². The molecule has 0 unspecified atom stereocenters. The van der Waals surface area contributed by atoms with Gasteiger partial charge in [-0.2, -0.15) is 5.10 Å². The summed E-state index contributed by atoms with van der Waals surface area (Å²) in [7, 11) is 1.78. The van der Waals surface area contributed by atoms with Crippen molar-refractivity contribution in [2.24, 2.45) is 7.05 Å². The molecule has 6 heteroatoms.